The standard InChI is InChI=1S/C14H15NO2S/c1-11-14(18-10-15-11)7-8-17-9-13(16)12-5-3-2-4-6-12/h2-6,10H,7-9H2,1H3. The maximum absolute atomic E-state index is 11.7. The number of Topliss-reactive ketones (excluding diaryl/α,β-unsaturated/α-hetero) is 1. The Hall–Kier alpha value is -1.52. The van der Waals surface area contributed by atoms with Crippen LogP contribution in [0.4, 0.5) is 0 Å². The third-order valence-corrected chi connectivity index (χ3v) is 3.64. The number of aryl methyl sites for hydroxylation is 1. The van der Waals surface area contributed by atoms with Gasteiger partial charge in [-0.2, -0.15) is 0 Å². The molecule has 0 amide bonds. The number of rotatable bonds is 6. The van der Waals surface area contributed by atoms with E-state index in [0.29, 0.717) is 12.2 Å². The number of hydrogen-bond acceptors (Lipinski definition) is 4. The molecule has 18 heavy (non-hydrogen) atoms. The van der Waals surface area contributed by atoms with Gasteiger partial charge in [0.15, 0.2) is 5.78 Å². The van der Waals surface area contributed by atoms with E-state index in [1.54, 1.807) is 23.5 Å². The molecule has 2 aromatic rings. The number of ether oxygens (including phenoxy) is 1. The van der Waals surface area contributed by atoms with E-state index in [-0.39, 0.29) is 12.4 Å². The van der Waals surface area contributed by atoms with E-state index in [2.05, 4.69) is 4.98 Å². The van der Waals surface area contributed by atoms with Crippen molar-refractivity contribution < 1.29 is 9.53 Å². The zero-order valence-corrected chi connectivity index (χ0v) is 11.1. The Kier molecular flexibility index (Phi) is 4.61. The molecule has 0 aliphatic heterocycles. The predicted molar refractivity (Wildman–Crippen MR) is 72.1 cm³/mol. The average Bonchev–Trinajstić information content (AvgIpc) is 2.81. The number of ketones is 1. The van der Waals surface area contributed by atoms with Gasteiger partial charge in [-0.15, -0.1) is 11.3 Å². The van der Waals surface area contributed by atoms with E-state index < -0.39 is 0 Å². The van der Waals surface area contributed by atoms with Gasteiger partial charge in [-0.1, -0.05) is 30.3 Å². The fraction of sp³-hybridized carbons (Fsp3) is 0.286. The highest BCUT2D eigenvalue weighted by Crippen LogP contribution is 2.12. The summed E-state index contributed by atoms with van der Waals surface area (Å²) in [7, 11) is 0. The largest absolute Gasteiger partial charge is 0.373 e. The van der Waals surface area contributed by atoms with Crippen molar-refractivity contribution in [1.29, 1.82) is 0 Å². The van der Waals surface area contributed by atoms with Crippen molar-refractivity contribution in [3.8, 4) is 0 Å². The lowest BCUT2D eigenvalue weighted by molar-refractivity contribution is 0.0766. The van der Waals surface area contributed by atoms with Gasteiger partial charge in [0.05, 0.1) is 17.8 Å². The van der Waals surface area contributed by atoms with Crippen LogP contribution in [0, 0.1) is 6.92 Å². The molecule has 3 nitrogen and oxygen atoms in total. The first-order valence-corrected chi connectivity index (χ1v) is 6.70. The molecule has 0 saturated carbocycles. The normalized spacial score (nSPS) is 10.5. The van der Waals surface area contributed by atoms with Gasteiger partial charge in [0.25, 0.3) is 0 Å². The Morgan fingerprint density at radius 3 is 2.78 bits per heavy atom. The minimum absolute atomic E-state index is 0.0247. The minimum Gasteiger partial charge on any atom is -0.373 e. The molecule has 1 aromatic heterocycles. The molecule has 0 spiro atoms. The smallest absolute Gasteiger partial charge is 0.188 e. The van der Waals surface area contributed by atoms with Gasteiger partial charge in [0.1, 0.15) is 6.61 Å². The lowest BCUT2D eigenvalue weighted by atomic mass is 10.1. The molecule has 0 bridgehead atoms. The topological polar surface area (TPSA) is 39.2 Å². The molecule has 1 aromatic carbocycles. The van der Waals surface area contributed by atoms with Crippen LogP contribution < -0.4 is 0 Å². The molecule has 0 N–H and O–H groups in total. The van der Waals surface area contributed by atoms with E-state index >= 15 is 0 Å². The van der Waals surface area contributed by atoms with Gasteiger partial charge >= 0.3 is 0 Å². The van der Waals surface area contributed by atoms with E-state index in [0.717, 1.165) is 12.1 Å². The SMILES string of the molecule is Cc1ncsc1CCOCC(=O)c1ccccc1. The van der Waals surface area contributed by atoms with Gasteiger partial charge < -0.3 is 4.74 Å². The molecule has 0 saturated heterocycles. The highest BCUT2D eigenvalue weighted by atomic mass is 32.1. The molecule has 4 heteroatoms. The Morgan fingerprint density at radius 2 is 2.11 bits per heavy atom. The summed E-state index contributed by atoms with van der Waals surface area (Å²) in [6.07, 6.45) is 0.818. The van der Waals surface area contributed by atoms with Crippen molar-refractivity contribution in [3.05, 3.63) is 52.0 Å². The number of nitrogens with zero attached hydrogens (tertiary/aromatic N) is 1. The summed E-state index contributed by atoms with van der Waals surface area (Å²) >= 11 is 1.63. The second-order valence-corrected chi connectivity index (χ2v) is 4.89. The number of thiazole rings is 1. The molecular formula is C14H15NO2S. The highest BCUT2D eigenvalue weighted by Gasteiger charge is 2.05. The molecule has 0 radical (unpaired) electrons. The molecule has 0 atom stereocenters. The van der Waals surface area contributed by atoms with Crippen LogP contribution in [0.3, 0.4) is 0 Å². The first kappa shape index (κ1) is 12.9. The summed E-state index contributed by atoms with van der Waals surface area (Å²) in [6, 6.07) is 9.21. The Labute approximate surface area is 110 Å². The Balaban J connectivity index is 1.73. The zero-order valence-electron chi connectivity index (χ0n) is 10.3. The first-order chi connectivity index (χ1) is 8.77. The van der Waals surface area contributed by atoms with Crippen LogP contribution in [-0.2, 0) is 11.2 Å². The molecule has 0 unspecified atom stereocenters. The highest BCUT2D eigenvalue weighted by molar-refractivity contribution is 7.09. The zero-order chi connectivity index (χ0) is 12.8. The summed E-state index contributed by atoms with van der Waals surface area (Å²) in [5.41, 5.74) is 3.59. The summed E-state index contributed by atoms with van der Waals surface area (Å²) in [6.45, 7) is 2.68. The molecule has 0 fully saturated rings. The number of carbonyl (C=O) groups excluding carboxylic acids is 1. The van der Waals surface area contributed by atoms with Gasteiger partial charge in [-0.3, -0.25) is 4.79 Å². The summed E-state index contributed by atoms with van der Waals surface area (Å²) in [5.74, 6) is 0.0247. The van der Waals surface area contributed by atoms with E-state index in [1.165, 1.54) is 4.88 Å². The van der Waals surface area contributed by atoms with Crippen molar-refractivity contribution >= 4 is 17.1 Å². The van der Waals surface area contributed by atoms with E-state index in [4.69, 9.17) is 4.74 Å². The average molecular weight is 261 g/mol. The van der Waals surface area contributed by atoms with Crippen molar-refractivity contribution in [3.63, 3.8) is 0 Å². The van der Waals surface area contributed by atoms with E-state index in [9.17, 15) is 4.79 Å². The fourth-order valence-electron chi connectivity index (χ4n) is 1.60. The minimum atomic E-state index is 0.0247. The second kappa shape index (κ2) is 6.42. The third-order valence-electron chi connectivity index (χ3n) is 2.65. The number of hydrogen-bond donors (Lipinski definition) is 0. The monoisotopic (exact) mass is 261 g/mol. The lowest BCUT2D eigenvalue weighted by Gasteiger charge is -2.03. The van der Waals surface area contributed by atoms with Crippen molar-refractivity contribution in [2.24, 2.45) is 0 Å². The lowest BCUT2D eigenvalue weighted by Crippen LogP contribution is -2.10. The van der Waals surface area contributed by atoms with Crippen molar-refractivity contribution in [2.45, 2.75) is 13.3 Å². The predicted octanol–water partition coefficient (Wildman–Crippen LogP) is 2.89. The van der Waals surface area contributed by atoms with Crippen LogP contribution in [0.25, 0.3) is 0 Å². The molecule has 0 aliphatic carbocycles. The Bertz CT molecular complexity index is 508. The Morgan fingerprint density at radius 1 is 1.33 bits per heavy atom. The van der Waals surface area contributed by atoms with Crippen molar-refractivity contribution in [2.75, 3.05) is 13.2 Å². The van der Waals surface area contributed by atoms with Gasteiger partial charge in [0.2, 0.25) is 0 Å². The molecular weight excluding hydrogens is 246 g/mol. The van der Waals surface area contributed by atoms with Crippen LogP contribution in [0.5, 0.6) is 0 Å². The number of aromatic nitrogens is 1. The van der Waals surface area contributed by atoms with Crippen LogP contribution in [0.15, 0.2) is 35.8 Å². The fourth-order valence-corrected chi connectivity index (χ4v) is 2.37. The van der Waals surface area contributed by atoms with Gasteiger partial charge in [0, 0.05) is 16.9 Å². The third kappa shape index (κ3) is 3.48. The second-order valence-electron chi connectivity index (χ2n) is 3.95. The maximum atomic E-state index is 11.7. The molecule has 0 aliphatic rings. The maximum Gasteiger partial charge on any atom is 0.188 e. The van der Waals surface area contributed by atoms with Gasteiger partial charge in [-0.25, -0.2) is 4.98 Å². The number of carbonyl (C=O) groups is 1. The summed E-state index contributed by atoms with van der Waals surface area (Å²) in [4.78, 5) is 17.1. The quantitative estimate of drug-likeness (QED) is 0.593. The van der Waals surface area contributed by atoms with E-state index in [1.807, 2.05) is 30.6 Å². The molecule has 1 heterocycles. The summed E-state index contributed by atoms with van der Waals surface area (Å²) in [5, 5.41) is 0. The summed E-state index contributed by atoms with van der Waals surface area (Å²) < 4.78 is 5.41. The van der Waals surface area contributed by atoms with Crippen LogP contribution in [0.2, 0.25) is 0 Å². The van der Waals surface area contributed by atoms with Crippen LogP contribution >= 0.6 is 11.3 Å². The number of benzene rings is 1. The first-order valence-electron chi connectivity index (χ1n) is 5.82. The van der Waals surface area contributed by atoms with Gasteiger partial charge in [-0.05, 0) is 6.92 Å². The molecule has 2 rings (SSSR count). The van der Waals surface area contributed by atoms with Crippen LogP contribution in [0.1, 0.15) is 20.9 Å². The van der Waals surface area contributed by atoms with Crippen LogP contribution in [-0.4, -0.2) is 24.0 Å². The van der Waals surface area contributed by atoms with Crippen molar-refractivity contribution in [1.82, 2.24) is 4.98 Å². The molecule has 94 valence electrons.